The Morgan fingerprint density at radius 2 is 1.68 bits per heavy atom. The van der Waals surface area contributed by atoms with E-state index in [1.165, 1.54) is 50.9 Å². The lowest BCUT2D eigenvalue weighted by atomic mass is 9.77. The average Bonchev–Trinajstić information content (AvgIpc) is 3.57. The van der Waals surface area contributed by atoms with Crippen molar-refractivity contribution in [3.8, 4) is 22.9 Å². The number of anilines is 3. The Morgan fingerprint density at radius 3 is 2.54 bits per heavy atom. The predicted molar refractivity (Wildman–Crippen MR) is 163 cm³/mol. The zero-order chi connectivity index (χ0) is 27.2. The molecule has 1 atom stereocenters. The van der Waals surface area contributed by atoms with E-state index >= 15 is 0 Å². The second-order valence-electron chi connectivity index (χ2n) is 12.5. The fraction of sp³-hybridized carbons (Fsp3) is 0.581. The van der Waals surface area contributed by atoms with Crippen molar-refractivity contribution in [2.45, 2.75) is 56.3 Å². The van der Waals surface area contributed by atoms with Gasteiger partial charge in [0.2, 0.25) is 11.8 Å². The molecule has 216 valence electrons. The Morgan fingerprint density at radius 1 is 0.854 bits per heavy atom. The highest BCUT2D eigenvalue weighted by Crippen LogP contribution is 2.44. The van der Waals surface area contributed by atoms with Gasteiger partial charge in [-0.2, -0.15) is 0 Å². The maximum atomic E-state index is 6.38. The zero-order valence-electron chi connectivity index (χ0n) is 23.6. The number of hydrogen-bond acceptors (Lipinski definition) is 10. The van der Waals surface area contributed by atoms with E-state index in [1.54, 1.807) is 0 Å². The molecule has 7 aliphatic heterocycles. The number of aromatic nitrogens is 3. The summed E-state index contributed by atoms with van der Waals surface area (Å²) in [7, 11) is 0. The van der Waals surface area contributed by atoms with Gasteiger partial charge in [-0.15, -0.1) is 10.2 Å². The Bertz CT molecular complexity index is 1380. The summed E-state index contributed by atoms with van der Waals surface area (Å²) in [5.41, 5.74) is 4.66. The molecule has 4 fully saturated rings. The van der Waals surface area contributed by atoms with Gasteiger partial charge in [-0.1, -0.05) is 0 Å². The van der Waals surface area contributed by atoms with Gasteiger partial charge < -0.3 is 28.6 Å². The fourth-order valence-corrected chi connectivity index (χ4v) is 7.80. The molecule has 2 aromatic heterocycles. The number of piperidine rings is 2. The van der Waals surface area contributed by atoms with Crippen LogP contribution in [0.1, 0.15) is 44.9 Å². The number of nitrogens with zero attached hydrogens (tertiary/aromatic N) is 6. The van der Waals surface area contributed by atoms with Gasteiger partial charge in [0.15, 0.2) is 0 Å². The molecule has 11 rings (SSSR count). The summed E-state index contributed by atoms with van der Waals surface area (Å²) in [6, 6.07) is 10.6. The van der Waals surface area contributed by atoms with Crippen molar-refractivity contribution in [1.29, 1.82) is 0 Å². The maximum Gasteiger partial charge on any atom is 0.250 e. The zero-order valence-corrected chi connectivity index (χ0v) is 24.4. The molecule has 1 saturated carbocycles. The van der Waals surface area contributed by atoms with Gasteiger partial charge in [-0.3, -0.25) is 0 Å². The SMILES string of the molecule is c1cc2cc(n1)N1CCC(CC1)OCCN1CCC3(CCN(CC3)c3cc(NSC4CC4)ccc3-c3nnc-2o3)C1. The van der Waals surface area contributed by atoms with Crippen LogP contribution < -0.4 is 14.5 Å². The summed E-state index contributed by atoms with van der Waals surface area (Å²) in [6.45, 7) is 8.25. The normalized spacial score (nSPS) is 27.9. The molecule has 9 nitrogen and oxygen atoms in total. The second kappa shape index (κ2) is 10.8. The van der Waals surface area contributed by atoms with E-state index in [2.05, 4.69) is 58.9 Å². The lowest BCUT2D eigenvalue weighted by Crippen LogP contribution is -2.42. The highest BCUT2D eigenvalue weighted by Gasteiger charge is 2.41. The van der Waals surface area contributed by atoms with Gasteiger partial charge >= 0.3 is 0 Å². The van der Waals surface area contributed by atoms with Gasteiger partial charge in [-0.05, 0) is 99.2 Å². The minimum Gasteiger partial charge on any atom is -0.416 e. The number of ether oxygens (including phenoxy) is 1. The predicted octanol–water partition coefficient (Wildman–Crippen LogP) is 5.31. The van der Waals surface area contributed by atoms with Crippen LogP contribution in [-0.4, -0.2) is 83.9 Å². The van der Waals surface area contributed by atoms with Crippen LogP contribution in [0.5, 0.6) is 0 Å². The number of benzene rings is 1. The van der Waals surface area contributed by atoms with Crippen LogP contribution >= 0.6 is 11.9 Å². The third kappa shape index (κ3) is 5.42. The summed E-state index contributed by atoms with van der Waals surface area (Å²) in [5.74, 6) is 2.07. The van der Waals surface area contributed by atoms with Crippen molar-refractivity contribution in [3.63, 3.8) is 0 Å². The second-order valence-corrected chi connectivity index (χ2v) is 13.6. The van der Waals surface area contributed by atoms with Gasteiger partial charge in [-0.25, -0.2) is 4.98 Å². The third-order valence-corrected chi connectivity index (χ3v) is 10.9. The molecule has 41 heavy (non-hydrogen) atoms. The number of hydrogen-bond donors (Lipinski definition) is 1. The number of nitrogens with one attached hydrogen (secondary N) is 1. The molecular weight excluding hydrogens is 534 g/mol. The van der Waals surface area contributed by atoms with E-state index in [4.69, 9.17) is 9.15 Å². The van der Waals surface area contributed by atoms with E-state index in [1.807, 2.05) is 24.2 Å². The molecule has 8 aliphatic rings. The Labute approximate surface area is 246 Å². The molecule has 1 aromatic carbocycles. The molecule has 9 bridgehead atoms. The van der Waals surface area contributed by atoms with Crippen LogP contribution in [-0.2, 0) is 4.74 Å². The number of pyridine rings is 1. The average molecular weight is 574 g/mol. The molecule has 10 heteroatoms. The first kappa shape index (κ1) is 25.9. The molecule has 0 radical (unpaired) electrons. The fourth-order valence-electron chi connectivity index (χ4n) is 7.00. The van der Waals surface area contributed by atoms with Crippen molar-refractivity contribution in [2.75, 3.05) is 66.9 Å². The Hall–Kier alpha value is -2.82. The van der Waals surface area contributed by atoms with E-state index in [0.717, 1.165) is 80.1 Å². The van der Waals surface area contributed by atoms with E-state index in [0.29, 0.717) is 23.3 Å². The molecule has 1 aliphatic carbocycles. The Balaban J connectivity index is 1.13. The van der Waals surface area contributed by atoms with Crippen molar-refractivity contribution >= 4 is 29.1 Å². The van der Waals surface area contributed by atoms with Crippen LogP contribution in [0.15, 0.2) is 40.9 Å². The summed E-state index contributed by atoms with van der Waals surface area (Å²) in [5, 5.41) is 9.80. The van der Waals surface area contributed by atoms with E-state index in [9.17, 15) is 0 Å². The van der Waals surface area contributed by atoms with Crippen LogP contribution in [0.25, 0.3) is 22.9 Å². The largest absolute Gasteiger partial charge is 0.416 e. The monoisotopic (exact) mass is 573 g/mol. The summed E-state index contributed by atoms with van der Waals surface area (Å²) in [6.07, 6.45) is 10.6. The van der Waals surface area contributed by atoms with Crippen LogP contribution in [0, 0.1) is 5.41 Å². The topological polar surface area (TPSA) is 82.8 Å². The third-order valence-electron chi connectivity index (χ3n) is 9.72. The quantitative estimate of drug-likeness (QED) is 0.416. The lowest BCUT2D eigenvalue weighted by Gasteiger charge is -2.41. The highest BCUT2D eigenvalue weighted by molar-refractivity contribution is 8.01. The lowest BCUT2D eigenvalue weighted by molar-refractivity contribution is 0.0247. The Kier molecular flexibility index (Phi) is 6.80. The van der Waals surface area contributed by atoms with Crippen LogP contribution in [0.4, 0.5) is 17.2 Å². The van der Waals surface area contributed by atoms with Crippen LogP contribution in [0.3, 0.4) is 0 Å². The van der Waals surface area contributed by atoms with Gasteiger partial charge in [0.1, 0.15) is 5.82 Å². The molecular formula is C31H39N7O2S. The number of rotatable bonds is 3. The maximum absolute atomic E-state index is 6.38. The smallest absolute Gasteiger partial charge is 0.250 e. The minimum absolute atomic E-state index is 0.336. The molecule has 3 saturated heterocycles. The van der Waals surface area contributed by atoms with E-state index in [-0.39, 0.29) is 0 Å². The first-order valence-electron chi connectivity index (χ1n) is 15.4. The molecule has 1 spiro atoms. The standard InChI is InChI=1S/C31H39N7O2S/c1-4-26-27(20-23(1)35-41-25-2-3-25)37-15-9-31(10-16-37)8-14-36(21-31)17-18-39-24-6-12-38(13-7-24)28-19-22(5-11-32-28)29-33-34-30(26)40-29/h1,4-5,11,19-20,24-25,35H,2-3,6-10,12-18,21H2. The van der Waals surface area contributed by atoms with Crippen molar-refractivity contribution < 1.29 is 9.15 Å². The summed E-state index contributed by atoms with van der Waals surface area (Å²) in [4.78, 5) is 12.2. The molecule has 1 N–H and O–H groups in total. The summed E-state index contributed by atoms with van der Waals surface area (Å²) >= 11 is 1.84. The van der Waals surface area contributed by atoms with Crippen molar-refractivity contribution in [3.05, 3.63) is 36.5 Å². The molecule has 0 amide bonds. The van der Waals surface area contributed by atoms with Gasteiger partial charge in [0.05, 0.1) is 24.0 Å². The first-order chi connectivity index (χ1) is 20.2. The first-order valence-corrected chi connectivity index (χ1v) is 16.3. The van der Waals surface area contributed by atoms with Crippen LogP contribution in [0.2, 0.25) is 0 Å². The van der Waals surface area contributed by atoms with E-state index < -0.39 is 0 Å². The van der Waals surface area contributed by atoms with Crippen molar-refractivity contribution in [2.24, 2.45) is 5.41 Å². The van der Waals surface area contributed by atoms with Gasteiger partial charge in [0, 0.05) is 62.0 Å². The van der Waals surface area contributed by atoms with Gasteiger partial charge in [0.25, 0.3) is 0 Å². The van der Waals surface area contributed by atoms with Crippen molar-refractivity contribution in [1.82, 2.24) is 20.1 Å². The molecule has 1 unspecified atom stereocenters. The summed E-state index contributed by atoms with van der Waals surface area (Å²) < 4.78 is 16.4. The molecule has 9 heterocycles. The highest BCUT2D eigenvalue weighted by atomic mass is 32.2. The molecule has 3 aromatic rings. The minimum atomic E-state index is 0.336.